The molecule has 3 nitrogen and oxygen atoms in total. The quantitative estimate of drug-likeness (QED) is 0.518. The maximum Gasteiger partial charge on any atom is 0.230 e. The van der Waals surface area contributed by atoms with Gasteiger partial charge in [-0.05, 0) is 13.3 Å². The van der Waals surface area contributed by atoms with Gasteiger partial charge in [0.2, 0.25) is 5.91 Å². The SMILES string of the molecule is CCCCCCCCCCCCN1CCN=CC(C)C1=O. The minimum atomic E-state index is -0.0318. The summed E-state index contributed by atoms with van der Waals surface area (Å²) in [5, 5.41) is 0. The van der Waals surface area contributed by atoms with E-state index in [0.29, 0.717) is 0 Å². The number of hydrogen-bond donors (Lipinski definition) is 0. The highest BCUT2D eigenvalue weighted by molar-refractivity contribution is 5.93. The zero-order valence-electron chi connectivity index (χ0n) is 14.1. The minimum absolute atomic E-state index is 0.0318. The van der Waals surface area contributed by atoms with Gasteiger partial charge in [0, 0.05) is 19.3 Å². The van der Waals surface area contributed by atoms with E-state index in [0.717, 1.165) is 26.1 Å². The van der Waals surface area contributed by atoms with Crippen molar-refractivity contribution in [3.63, 3.8) is 0 Å². The van der Waals surface area contributed by atoms with Gasteiger partial charge in [0.1, 0.15) is 0 Å². The average molecular weight is 294 g/mol. The minimum Gasteiger partial charge on any atom is -0.340 e. The number of carbonyl (C=O) groups excluding carboxylic acids is 1. The third-order valence-corrected chi connectivity index (χ3v) is 4.31. The molecule has 1 amide bonds. The first kappa shape index (κ1) is 18.2. The third kappa shape index (κ3) is 8.23. The van der Waals surface area contributed by atoms with Crippen LogP contribution in [-0.4, -0.2) is 36.7 Å². The molecule has 122 valence electrons. The predicted molar refractivity (Wildman–Crippen MR) is 90.9 cm³/mol. The normalized spacial score (nSPS) is 19.0. The van der Waals surface area contributed by atoms with E-state index in [1.165, 1.54) is 57.8 Å². The lowest BCUT2D eigenvalue weighted by atomic mass is 10.1. The lowest BCUT2D eigenvalue weighted by Gasteiger charge is -2.22. The first-order chi connectivity index (χ1) is 10.3. The van der Waals surface area contributed by atoms with Crippen LogP contribution in [0.3, 0.4) is 0 Å². The molecular formula is C18H34N2O. The van der Waals surface area contributed by atoms with Crippen molar-refractivity contribution < 1.29 is 4.79 Å². The van der Waals surface area contributed by atoms with Crippen LogP contribution in [0.1, 0.15) is 78.1 Å². The summed E-state index contributed by atoms with van der Waals surface area (Å²) in [7, 11) is 0. The molecule has 1 atom stereocenters. The Bertz CT molecular complexity index is 302. The summed E-state index contributed by atoms with van der Waals surface area (Å²) in [5.74, 6) is 0.225. The molecular weight excluding hydrogens is 260 g/mol. The zero-order chi connectivity index (χ0) is 15.3. The number of amides is 1. The van der Waals surface area contributed by atoms with Crippen LogP contribution < -0.4 is 0 Å². The predicted octanol–water partition coefficient (Wildman–Crippen LogP) is 4.46. The Morgan fingerprint density at radius 1 is 1.05 bits per heavy atom. The molecule has 0 saturated heterocycles. The van der Waals surface area contributed by atoms with Gasteiger partial charge in [-0.25, -0.2) is 0 Å². The Kier molecular flexibility index (Phi) is 10.2. The molecule has 1 aliphatic heterocycles. The van der Waals surface area contributed by atoms with Crippen molar-refractivity contribution in [3.05, 3.63) is 0 Å². The first-order valence-electron chi connectivity index (χ1n) is 9.04. The highest BCUT2D eigenvalue weighted by Gasteiger charge is 2.20. The number of hydrogen-bond acceptors (Lipinski definition) is 2. The van der Waals surface area contributed by atoms with E-state index >= 15 is 0 Å². The summed E-state index contributed by atoms with van der Waals surface area (Å²) in [5.41, 5.74) is 0. The highest BCUT2D eigenvalue weighted by atomic mass is 16.2. The van der Waals surface area contributed by atoms with Crippen molar-refractivity contribution >= 4 is 12.1 Å². The van der Waals surface area contributed by atoms with Crippen LogP contribution in [0.15, 0.2) is 4.99 Å². The second-order valence-corrected chi connectivity index (χ2v) is 6.35. The van der Waals surface area contributed by atoms with Crippen molar-refractivity contribution in [3.8, 4) is 0 Å². The van der Waals surface area contributed by atoms with Gasteiger partial charge in [0.25, 0.3) is 0 Å². The molecule has 0 aliphatic carbocycles. The van der Waals surface area contributed by atoms with Crippen LogP contribution in [0.5, 0.6) is 0 Å². The molecule has 0 aromatic heterocycles. The summed E-state index contributed by atoms with van der Waals surface area (Å²) in [6, 6.07) is 0. The van der Waals surface area contributed by atoms with Gasteiger partial charge in [0.05, 0.1) is 12.5 Å². The molecule has 1 aliphatic rings. The summed E-state index contributed by atoms with van der Waals surface area (Å²) < 4.78 is 0. The monoisotopic (exact) mass is 294 g/mol. The van der Waals surface area contributed by atoms with Gasteiger partial charge < -0.3 is 4.90 Å². The second kappa shape index (κ2) is 11.8. The van der Waals surface area contributed by atoms with Gasteiger partial charge in [-0.15, -0.1) is 0 Å². The fourth-order valence-corrected chi connectivity index (χ4v) is 2.89. The van der Waals surface area contributed by atoms with Crippen molar-refractivity contribution in [2.24, 2.45) is 10.9 Å². The highest BCUT2D eigenvalue weighted by Crippen LogP contribution is 2.12. The fraction of sp³-hybridized carbons (Fsp3) is 0.889. The zero-order valence-corrected chi connectivity index (χ0v) is 14.1. The van der Waals surface area contributed by atoms with Gasteiger partial charge in [0.15, 0.2) is 0 Å². The van der Waals surface area contributed by atoms with Crippen LogP contribution >= 0.6 is 0 Å². The Morgan fingerprint density at radius 2 is 1.62 bits per heavy atom. The molecule has 0 aromatic rings. The summed E-state index contributed by atoms with van der Waals surface area (Å²) >= 11 is 0. The molecule has 0 N–H and O–H groups in total. The van der Waals surface area contributed by atoms with Gasteiger partial charge in [-0.3, -0.25) is 9.79 Å². The maximum absolute atomic E-state index is 12.1. The standard InChI is InChI=1S/C18H34N2O/c1-3-4-5-6-7-8-9-10-11-12-14-20-15-13-19-16-17(2)18(20)21/h16-17H,3-15H2,1-2H3. The number of unbranched alkanes of at least 4 members (excludes halogenated alkanes) is 9. The van der Waals surface area contributed by atoms with E-state index in [1.54, 1.807) is 6.21 Å². The second-order valence-electron chi connectivity index (χ2n) is 6.35. The molecule has 0 bridgehead atoms. The van der Waals surface area contributed by atoms with Gasteiger partial charge >= 0.3 is 0 Å². The van der Waals surface area contributed by atoms with E-state index in [-0.39, 0.29) is 11.8 Å². The first-order valence-corrected chi connectivity index (χ1v) is 9.04. The van der Waals surface area contributed by atoms with Crippen LogP contribution in [0.25, 0.3) is 0 Å². The van der Waals surface area contributed by atoms with Crippen LogP contribution in [0.4, 0.5) is 0 Å². The average Bonchev–Trinajstić information content (AvgIpc) is 2.64. The number of aliphatic imine (C=N–C) groups is 1. The Hall–Kier alpha value is -0.860. The Labute approximate surface area is 131 Å². The van der Waals surface area contributed by atoms with E-state index in [4.69, 9.17) is 0 Å². The van der Waals surface area contributed by atoms with E-state index in [9.17, 15) is 4.79 Å². The van der Waals surface area contributed by atoms with Crippen LogP contribution in [0.2, 0.25) is 0 Å². The van der Waals surface area contributed by atoms with E-state index in [2.05, 4.69) is 11.9 Å². The molecule has 21 heavy (non-hydrogen) atoms. The summed E-state index contributed by atoms with van der Waals surface area (Å²) in [4.78, 5) is 18.3. The van der Waals surface area contributed by atoms with Crippen molar-refractivity contribution in [1.29, 1.82) is 0 Å². The molecule has 0 spiro atoms. The van der Waals surface area contributed by atoms with E-state index < -0.39 is 0 Å². The number of carbonyl (C=O) groups is 1. The van der Waals surface area contributed by atoms with Crippen LogP contribution in [-0.2, 0) is 4.79 Å². The molecule has 1 rings (SSSR count). The summed E-state index contributed by atoms with van der Waals surface area (Å²) in [6.45, 7) is 6.71. The van der Waals surface area contributed by atoms with Crippen molar-refractivity contribution in [2.75, 3.05) is 19.6 Å². The lowest BCUT2D eigenvalue weighted by Crippen LogP contribution is -2.36. The lowest BCUT2D eigenvalue weighted by molar-refractivity contribution is -0.132. The maximum atomic E-state index is 12.1. The largest absolute Gasteiger partial charge is 0.340 e. The van der Waals surface area contributed by atoms with Gasteiger partial charge in [-0.2, -0.15) is 0 Å². The number of nitrogens with zero attached hydrogens (tertiary/aromatic N) is 2. The van der Waals surface area contributed by atoms with Crippen LogP contribution in [0, 0.1) is 5.92 Å². The molecule has 0 aromatic carbocycles. The fourth-order valence-electron chi connectivity index (χ4n) is 2.89. The van der Waals surface area contributed by atoms with Gasteiger partial charge in [-0.1, -0.05) is 64.7 Å². The number of rotatable bonds is 11. The van der Waals surface area contributed by atoms with Crippen molar-refractivity contribution in [2.45, 2.75) is 78.1 Å². The summed E-state index contributed by atoms with van der Waals surface area (Å²) in [6.07, 6.45) is 15.2. The topological polar surface area (TPSA) is 32.7 Å². The Morgan fingerprint density at radius 3 is 2.24 bits per heavy atom. The smallest absolute Gasteiger partial charge is 0.230 e. The molecule has 1 heterocycles. The van der Waals surface area contributed by atoms with E-state index in [1.807, 2.05) is 11.8 Å². The van der Waals surface area contributed by atoms with Crippen molar-refractivity contribution in [1.82, 2.24) is 4.90 Å². The molecule has 3 heteroatoms. The molecule has 0 saturated carbocycles. The molecule has 0 fully saturated rings. The molecule has 0 radical (unpaired) electrons. The molecule has 1 unspecified atom stereocenters. The Balaban J connectivity index is 1.95. The third-order valence-electron chi connectivity index (χ3n) is 4.31.